The Morgan fingerprint density at radius 3 is 2.14 bits per heavy atom. The van der Waals surface area contributed by atoms with Crippen LogP contribution in [-0.4, -0.2) is 37.5 Å². The minimum atomic E-state index is -0.772. The molecule has 0 aromatic carbocycles. The van der Waals surface area contributed by atoms with E-state index in [1.807, 2.05) is 13.8 Å². The van der Waals surface area contributed by atoms with Gasteiger partial charge in [-0.3, -0.25) is 0 Å². The summed E-state index contributed by atoms with van der Waals surface area (Å²) in [6.45, 7) is 5.60. The lowest BCUT2D eigenvalue weighted by atomic mass is 10.0. The molecule has 0 aromatic heterocycles. The Morgan fingerprint density at radius 2 is 1.71 bits per heavy atom. The van der Waals surface area contributed by atoms with Gasteiger partial charge in [-0.2, -0.15) is 0 Å². The Balaban J connectivity index is 5.22. The second-order valence-electron chi connectivity index (χ2n) is 4.55. The molecule has 0 rings (SSSR count). The molecule has 0 aliphatic carbocycles. The molecule has 21 heavy (non-hydrogen) atoms. The predicted molar refractivity (Wildman–Crippen MR) is 79.1 cm³/mol. The minimum Gasteiger partial charge on any atom is -0.466 e. The molecule has 120 valence electrons. The summed E-state index contributed by atoms with van der Waals surface area (Å²) in [4.78, 5) is 22.9. The largest absolute Gasteiger partial charge is 0.466 e. The van der Waals surface area contributed by atoms with Crippen LogP contribution in [0, 0.1) is 5.92 Å². The first-order valence-electron chi connectivity index (χ1n) is 6.90. The van der Waals surface area contributed by atoms with Crippen molar-refractivity contribution in [1.29, 1.82) is 0 Å². The number of aliphatic hydroxyl groups is 1. The van der Waals surface area contributed by atoms with E-state index in [1.54, 1.807) is 6.92 Å². The zero-order chi connectivity index (χ0) is 16.4. The molecule has 0 aromatic rings. The maximum Gasteiger partial charge on any atom is 0.339 e. The monoisotopic (exact) mass is 299 g/mol. The number of rotatable bonds is 8. The fourth-order valence-corrected chi connectivity index (χ4v) is 1.83. The van der Waals surface area contributed by atoms with Crippen molar-refractivity contribution in [2.24, 2.45) is 5.92 Å². The van der Waals surface area contributed by atoms with Crippen LogP contribution in [0.2, 0.25) is 0 Å². The van der Waals surface area contributed by atoms with Crippen molar-refractivity contribution in [2.45, 2.75) is 39.8 Å². The van der Waals surface area contributed by atoms with E-state index in [4.69, 9.17) is 0 Å². The molecule has 6 nitrogen and oxygen atoms in total. The molecule has 0 aliphatic rings. The van der Waals surface area contributed by atoms with Gasteiger partial charge in [0, 0.05) is 17.7 Å². The zero-order valence-corrected chi connectivity index (χ0v) is 13.3. The van der Waals surface area contributed by atoms with E-state index in [-0.39, 0.29) is 11.5 Å². The molecular weight excluding hydrogens is 274 g/mol. The van der Waals surface area contributed by atoms with E-state index in [0.717, 1.165) is 18.9 Å². The molecule has 1 atom stereocenters. The highest BCUT2D eigenvalue weighted by atomic mass is 16.5. The van der Waals surface area contributed by atoms with Crippen molar-refractivity contribution in [1.82, 2.24) is 5.32 Å². The highest BCUT2D eigenvalue weighted by molar-refractivity contribution is 5.94. The summed E-state index contributed by atoms with van der Waals surface area (Å²) in [5.74, 6) is -1.11. The number of nitrogens with one attached hydrogen (secondary N) is 1. The lowest BCUT2D eigenvalue weighted by molar-refractivity contribution is -0.135. The van der Waals surface area contributed by atoms with Gasteiger partial charge < -0.3 is 19.9 Å². The normalized spacial score (nSPS) is 13.9. The summed E-state index contributed by atoms with van der Waals surface area (Å²) in [6, 6.07) is 0. The molecule has 0 bridgehead atoms. The van der Waals surface area contributed by atoms with Crippen LogP contribution in [0.3, 0.4) is 0 Å². The van der Waals surface area contributed by atoms with Gasteiger partial charge in [0.05, 0.1) is 19.8 Å². The van der Waals surface area contributed by atoms with Gasteiger partial charge in [-0.25, -0.2) is 9.59 Å². The van der Waals surface area contributed by atoms with E-state index in [0.29, 0.717) is 5.70 Å². The fourth-order valence-electron chi connectivity index (χ4n) is 1.83. The van der Waals surface area contributed by atoms with Crippen LogP contribution in [0.4, 0.5) is 0 Å². The summed E-state index contributed by atoms with van der Waals surface area (Å²) >= 11 is 0. The summed E-state index contributed by atoms with van der Waals surface area (Å²) < 4.78 is 9.15. The molecule has 1 unspecified atom stereocenters. The Kier molecular flexibility index (Phi) is 9.12. The van der Waals surface area contributed by atoms with Crippen LogP contribution in [-0.2, 0) is 19.1 Å². The van der Waals surface area contributed by atoms with Crippen LogP contribution in [0.25, 0.3) is 0 Å². The number of hydrogen-bond donors (Lipinski definition) is 2. The highest BCUT2D eigenvalue weighted by Gasteiger charge is 2.18. The van der Waals surface area contributed by atoms with E-state index >= 15 is 0 Å². The third-order valence-corrected chi connectivity index (χ3v) is 3.26. The Labute approximate surface area is 125 Å². The van der Waals surface area contributed by atoms with Crippen molar-refractivity contribution < 1.29 is 24.2 Å². The smallest absolute Gasteiger partial charge is 0.339 e. The van der Waals surface area contributed by atoms with E-state index in [1.165, 1.54) is 20.3 Å². The van der Waals surface area contributed by atoms with E-state index in [9.17, 15) is 14.7 Å². The standard InChI is InChI=1S/C15H25NO5/c1-6-11(7-2)14(18)16-10(3)12(15(19)21-5)8-9-13(17)20-4/h8-9,11,14,16,18H,6-7H2,1-5H3. The van der Waals surface area contributed by atoms with Gasteiger partial charge in [0.1, 0.15) is 6.23 Å². The molecule has 0 aliphatic heterocycles. The van der Waals surface area contributed by atoms with Gasteiger partial charge in [0.2, 0.25) is 0 Å². The average molecular weight is 299 g/mol. The van der Waals surface area contributed by atoms with Crippen molar-refractivity contribution in [3.8, 4) is 0 Å². The van der Waals surface area contributed by atoms with Crippen LogP contribution in [0.5, 0.6) is 0 Å². The Morgan fingerprint density at radius 1 is 1.14 bits per heavy atom. The van der Waals surface area contributed by atoms with Gasteiger partial charge in [-0.15, -0.1) is 0 Å². The zero-order valence-electron chi connectivity index (χ0n) is 13.3. The van der Waals surface area contributed by atoms with Gasteiger partial charge in [0.15, 0.2) is 0 Å². The maximum absolute atomic E-state index is 11.7. The van der Waals surface area contributed by atoms with Crippen molar-refractivity contribution in [2.75, 3.05) is 14.2 Å². The molecule has 0 heterocycles. The maximum atomic E-state index is 11.7. The molecule has 0 amide bonds. The molecule has 6 heteroatoms. The number of esters is 2. The van der Waals surface area contributed by atoms with Crippen LogP contribution < -0.4 is 5.32 Å². The van der Waals surface area contributed by atoms with Gasteiger partial charge in [-0.05, 0) is 25.8 Å². The van der Waals surface area contributed by atoms with E-state index in [2.05, 4.69) is 14.8 Å². The fraction of sp³-hybridized carbons (Fsp3) is 0.600. The summed E-state index contributed by atoms with van der Waals surface area (Å²) in [5, 5.41) is 13.0. The Bertz CT molecular complexity index is 410. The first-order valence-corrected chi connectivity index (χ1v) is 6.90. The SMILES string of the molecule is CCC(CC)C(O)NC(C)=C(C=CC(=O)OC)C(=O)OC. The second-order valence-corrected chi connectivity index (χ2v) is 4.55. The third-order valence-electron chi connectivity index (χ3n) is 3.26. The van der Waals surface area contributed by atoms with Gasteiger partial charge >= 0.3 is 11.9 Å². The van der Waals surface area contributed by atoms with Crippen molar-refractivity contribution in [3.05, 3.63) is 23.4 Å². The summed E-state index contributed by atoms with van der Waals surface area (Å²) in [6.07, 6.45) is 3.28. The first kappa shape index (κ1) is 19.2. The molecule has 0 saturated carbocycles. The number of aliphatic hydroxyl groups excluding tert-OH is 1. The molecule has 0 radical (unpaired) electrons. The lowest BCUT2D eigenvalue weighted by Gasteiger charge is -2.23. The molecule has 0 spiro atoms. The van der Waals surface area contributed by atoms with Crippen molar-refractivity contribution >= 4 is 11.9 Å². The Hall–Kier alpha value is -1.82. The molecule has 2 N–H and O–H groups in total. The number of hydrogen-bond acceptors (Lipinski definition) is 6. The average Bonchev–Trinajstić information content (AvgIpc) is 2.47. The lowest BCUT2D eigenvalue weighted by Crippen LogP contribution is -2.35. The van der Waals surface area contributed by atoms with E-state index < -0.39 is 18.2 Å². The number of ether oxygens (including phenoxy) is 2. The number of carbonyl (C=O) groups excluding carboxylic acids is 2. The third kappa shape index (κ3) is 6.44. The highest BCUT2D eigenvalue weighted by Crippen LogP contribution is 2.14. The van der Waals surface area contributed by atoms with Crippen LogP contribution in [0.15, 0.2) is 23.4 Å². The molecule has 0 saturated heterocycles. The predicted octanol–water partition coefficient (Wildman–Crippen LogP) is 1.51. The topological polar surface area (TPSA) is 84.9 Å². The summed E-state index contributed by atoms with van der Waals surface area (Å²) in [7, 11) is 2.50. The number of allylic oxidation sites excluding steroid dienone is 1. The van der Waals surface area contributed by atoms with Gasteiger partial charge in [-0.1, -0.05) is 13.8 Å². The minimum absolute atomic E-state index is 0.0726. The molecular formula is C15H25NO5. The number of carbonyl (C=O) groups is 2. The van der Waals surface area contributed by atoms with Crippen LogP contribution in [0.1, 0.15) is 33.6 Å². The number of methoxy groups -OCH3 is 2. The van der Waals surface area contributed by atoms with Gasteiger partial charge in [0.25, 0.3) is 0 Å². The van der Waals surface area contributed by atoms with Crippen molar-refractivity contribution in [3.63, 3.8) is 0 Å². The second kappa shape index (κ2) is 9.99. The molecule has 0 fully saturated rings. The van der Waals surface area contributed by atoms with Crippen LogP contribution >= 0.6 is 0 Å². The quantitative estimate of drug-likeness (QED) is 0.306. The summed E-state index contributed by atoms with van der Waals surface area (Å²) in [5.41, 5.74) is 0.592. The first-order chi connectivity index (χ1) is 9.90.